The van der Waals surface area contributed by atoms with Crippen molar-refractivity contribution in [2.75, 3.05) is 13.2 Å². The Morgan fingerprint density at radius 2 is 1.76 bits per heavy atom. The van der Waals surface area contributed by atoms with Crippen molar-refractivity contribution >= 4 is 46.6 Å². The van der Waals surface area contributed by atoms with Crippen LogP contribution in [-0.4, -0.2) is 23.8 Å². The number of hydrogen-bond acceptors (Lipinski definition) is 7. The van der Waals surface area contributed by atoms with E-state index < -0.39 is 12.0 Å². The van der Waals surface area contributed by atoms with Gasteiger partial charge in [0.2, 0.25) is 0 Å². The fourth-order valence-corrected chi connectivity index (χ4v) is 6.04. The summed E-state index contributed by atoms with van der Waals surface area (Å²) in [5, 5.41) is 1.18. The SMILES string of the molecule is CCOC(=O)C1=C(C)N=c2s/c(=C/c3ccc(OCc4ccccc4Cl)c(OCC)c3)c(=O)n2[C@H]1c1ccc(Cl)cc1. The van der Waals surface area contributed by atoms with Gasteiger partial charge in [0.1, 0.15) is 6.61 Å². The summed E-state index contributed by atoms with van der Waals surface area (Å²) < 4.78 is 19.2. The highest BCUT2D eigenvalue weighted by molar-refractivity contribution is 7.07. The molecule has 1 atom stereocenters. The Morgan fingerprint density at radius 3 is 2.48 bits per heavy atom. The molecule has 0 radical (unpaired) electrons. The van der Waals surface area contributed by atoms with E-state index in [-0.39, 0.29) is 18.8 Å². The van der Waals surface area contributed by atoms with Crippen molar-refractivity contribution in [1.29, 1.82) is 0 Å². The second-order valence-electron chi connectivity index (χ2n) is 9.37. The quantitative estimate of drug-likeness (QED) is 0.211. The van der Waals surface area contributed by atoms with Crippen LogP contribution in [0.1, 0.15) is 43.5 Å². The number of thiazole rings is 1. The van der Waals surface area contributed by atoms with Gasteiger partial charge in [0.25, 0.3) is 5.56 Å². The number of fused-ring (bicyclic) bond motifs is 1. The molecule has 42 heavy (non-hydrogen) atoms. The van der Waals surface area contributed by atoms with Gasteiger partial charge in [-0.25, -0.2) is 9.79 Å². The molecule has 3 aromatic carbocycles. The number of halogens is 2. The Hall–Kier alpha value is -3.85. The van der Waals surface area contributed by atoms with Gasteiger partial charge in [-0.2, -0.15) is 0 Å². The van der Waals surface area contributed by atoms with Crippen molar-refractivity contribution in [3.63, 3.8) is 0 Å². The van der Waals surface area contributed by atoms with Gasteiger partial charge >= 0.3 is 5.97 Å². The Bertz CT molecular complexity index is 1840. The second kappa shape index (κ2) is 13.0. The third kappa shape index (κ3) is 6.16. The fourth-order valence-electron chi connectivity index (χ4n) is 4.68. The number of carbonyl (C=O) groups is 1. The summed E-state index contributed by atoms with van der Waals surface area (Å²) >= 11 is 13.7. The molecular weight excluding hydrogens is 595 g/mol. The Balaban J connectivity index is 1.55. The highest BCUT2D eigenvalue weighted by Crippen LogP contribution is 2.32. The second-order valence-corrected chi connectivity index (χ2v) is 11.2. The van der Waals surface area contributed by atoms with Crippen molar-refractivity contribution in [2.45, 2.75) is 33.4 Å². The van der Waals surface area contributed by atoms with Crippen LogP contribution in [0.5, 0.6) is 11.5 Å². The van der Waals surface area contributed by atoms with E-state index in [1.54, 1.807) is 48.8 Å². The van der Waals surface area contributed by atoms with Crippen LogP contribution < -0.4 is 24.4 Å². The van der Waals surface area contributed by atoms with Crippen LogP contribution in [0.3, 0.4) is 0 Å². The van der Waals surface area contributed by atoms with E-state index in [9.17, 15) is 9.59 Å². The van der Waals surface area contributed by atoms with Crippen LogP contribution in [0, 0.1) is 0 Å². The van der Waals surface area contributed by atoms with Crippen molar-refractivity contribution in [2.24, 2.45) is 4.99 Å². The van der Waals surface area contributed by atoms with Gasteiger partial charge in [-0.05, 0) is 68.3 Å². The average Bonchev–Trinajstić information content (AvgIpc) is 3.27. The van der Waals surface area contributed by atoms with Crippen molar-refractivity contribution < 1.29 is 19.0 Å². The lowest BCUT2D eigenvalue weighted by molar-refractivity contribution is -0.139. The van der Waals surface area contributed by atoms with Crippen LogP contribution in [0.15, 0.2) is 87.8 Å². The maximum absolute atomic E-state index is 13.9. The summed E-state index contributed by atoms with van der Waals surface area (Å²) in [7, 11) is 0. The molecule has 0 spiro atoms. The Morgan fingerprint density at radius 1 is 1.00 bits per heavy atom. The smallest absolute Gasteiger partial charge is 0.338 e. The third-order valence-electron chi connectivity index (χ3n) is 6.61. The molecule has 1 aliphatic rings. The molecule has 1 aliphatic heterocycles. The molecule has 0 fully saturated rings. The molecule has 7 nitrogen and oxygen atoms in total. The minimum absolute atomic E-state index is 0.202. The number of rotatable bonds is 9. The first-order valence-electron chi connectivity index (χ1n) is 13.4. The third-order valence-corrected chi connectivity index (χ3v) is 8.21. The van der Waals surface area contributed by atoms with Crippen molar-refractivity contribution in [3.05, 3.63) is 124 Å². The van der Waals surface area contributed by atoms with Gasteiger partial charge in [0.15, 0.2) is 16.3 Å². The molecular formula is C32H28Cl2N2O5S. The van der Waals surface area contributed by atoms with E-state index in [1.807, 2.05) is 49.4 Å². The first-order valence-corrected chi connectivity index (χ1v) is 15.0. The lowest BCUT2D eigenvalue weighted by Crippen LogP contribution is -2.39. The number of carbonyl (C=O) groups excluding carboxylic acids is 1. The summed E-state index contributed by atoms with van der Waals surface area (Å²) in [4.78, 5) is 32.1. The molecule has 1 aromatic heterocycles. The minimum atomic E-state index is -0.709. The molecule has 0 bridgehead atoms. The minimum Gasteiger partial charge on any atom is -0.490 e. The zero-order valence-electron chi connectivity index (χ0n) is 23.2. The summed E-state index contributed by atoms with van der Waals surface area (Å²) in [5.74, 6) is 0.597. The molecule has 0 unspecified atom stereocenters. The Labute approximate surface area is 256 Å². The number of nitrogens with zero attached hydrogens (tertiary/aromatic N) is 2. The highest BCUT2D eigenvalue weighted by Gasteiger charge is 2.33. The zero-order valence-corrected chi connectivity index (χ0v) is 25.6. The molecule has 216 valence electrons. The van der Waals surface area contributed by atoms with E-state index in [4.69, 9.17) is 37.4 Å². The Kier molecular flexibility index (Phi) is 9.16. The van der Waals surface area contributed by atoms with E-state index in [1.165, 1.54) is 11.3 Å². The lowest BCUT2D eigenvalue weighted by Gasteiger charge is -2.24. The molecule has 10 heteroatoms. The topological polar surface area (TPSA) is 79.1 Å². The lowest BCUT2D eigenvalue weighted by atomic mass is 9.96. The van der Waals surface area contributed by atoms with E-state index >= 15 is 0 Å². The van der Waals surface area contributed by atoms with Gasteiger partial charge in [0, 0.05) is 15.6 Å². The zero-order chi connectivity index (χ0) is 29.8. The van der Waals surface area contributed by atoms with Gasteiger partial charge in [0.05, 0.1) is 35.1 Å². The van der Waals surface area contributed by atoms with Gasteiger partial charge < -0.3 is 14.2 Å². The van der Waals surface area contributed by atoms with Crippen LogP contribution in [-0.2, 0) is 16.1 Å². The fraction of sp³-hybridized carbons (Fsp3) is 0.219. The van der Waals surface area contributed by atoms with Crippen LogP contribution in [0.4, 0.5) is 0 Å². The molecule has 0 amide bonds. The molecule has 4 aromatic rings. The number of esters is 1. The van der Waals surface area contributed by atoms with Crippen molar-refractivity contribution in [3.8, 4) is 11.5 Å². The van der Waals surface area contributed by atoms with E-state index in [0.717, 1.165) is 16.7 Å². The standard InChI is InChI=1S/C32H28Cl2N2O5S/c1-4-39-26-16-20(10-15-25(26)41-18-22-8-6-7-9-24(22)34)17-27-30(37)36-29(21-11-13-23(33)14-12-21)28(31(38)40-5-2)19(3)35-32(36)42-27/h6-17,29H,4-5,18H2,1-3H3/b27-17+/t29-/m0/s1. The summed E-state index contributed by atoms with van der Waals surface area (Å²) in [6.45, 7) is 6.30. The first kappa shape index (κ1) is 29.6. The molecule has 0 saturated heterocycles. The van der Waals surface area contributed by atoms with Gasteiger partial charge in [-0.15, -0.1) is 0 Å². The molecule has 0 aliphatic carbocycles. The van der Waals surface area contributed by atoms with Crippen LogP contribution in [0.25, 0.3) is 6.08 Å². The summed E-state index contributed by atoms with van der Waals surface area (Å²) in [6, 6.07) is 19.4. The van der Waals surface area contributed by atoms with E-state index in [0.29, 0.717) is 48.8 Å². The van der Waals surface area contributed by atoms with Crippen LogP contribution in [0.2, 0.25) is 10.0 Å². The number of ether oxygens (including phenoxy) is 3. The first-order chi connectivity index (χ1) is 20.3. The average molecular weight is 624 g/mol. The normalized spacial score (nSPS) is 14.8. The maximum atomic E-state index is 13.9. The van der Waals surface area contributed by atoms with Gasteiger partial charge in [-0.3, -0.25) is 9.36 Å². The largest absolute Gasteiger partial charge is 0.490 e. The predicted molar refractivity (Wildman–Crippen MR) is 165 cm³/mol. The molecule has 0 N–H and O–H groups in total. The number of allylic oxidation sites excluding steroid dienone is 1. The van der Waals surface area contributed by atoms with Crippen LogP contribution >= 0.6 is 34.5 Å². The van der Waals surface area contributed by atoms with E-state index in [2.05, 4.69) is 4.99 Å². The number of hydrogen-bond donors (Lipinski definition) is 0. The summed E-state index contributed by atoms with van der Waals surface area (Å²) in [5.41, 5.74) is 2.88. The predicted octanol–water partition coefficient (Wildman–Crippen LogP) is 6.08. The monoisotopic (exact) mass is 622 g/mol. The van der Waals surface area contributed by atoms with Crippen molar-refractivity contribution in [1.82, 2.24) is 4.57 Å². The maximum Gasteiger partial charge on any atom is 0.338 e. The molecule has 5 rings (SSSR count). The number of benzene rings is 3. The molecule has 0 saturated carbocycles. The summed E-state index contributed by atoms with van der Waals surface area (Å²) in [6.07, 6.45) is 1.78. The van der Waals surface area contributed by atoms with Gasteiger partial charge in [-0.1, -0.05) is 70.9 Å². The highest BCUT2D eigenvalue weighted by atomic mass is 35.5. The molecule has 2 heterocycles. The number of aromatic nitrogens is 1.